The summed E-state index contributed by atoms with van der Waals surface area (Å²) in [6, 6.07) is 4.34. The van der Waals surface area contributed by atoms with Crippen molar-refractivity contribution in [3.05, 3.63) is 35.9 Å². The van der Waals surface area contributed by atoms with Gasteiger partial charge in [0.25, 0.3) is 0 Å². The minimum absolute atomic E-state index is 0.0267. The van der Waals surface area contributed by atoms with Crippen molar-refractivity contribution in [3.63, 3.8) is 0 Å². The van der Waals surface area contributed by atoms with Crippen LogP contribution in [0.1, 0.15) is 10.5 Å². The number of carboxylic acids is 1. The van der Waals surface area contributed by atoms with Crippen molar-refractivity contribution in [2.45, 2.75) is 0 Å². The zero-order valence-corrected chi connectivity index (χ0v) is 8.90. The molecular formula is C11H9FN2O3. The first-order chi connectivity index (χ1) is 8.13. The Morgan fingerprint density at radius 1 is 1.53 bits per heavy atom. The second kappa shape index (κ2) is 4.25. The first-order valence-corrected chi connectivity index (χ1v) is 4.74. The molecule has 0 radical (unpaired) electrons. The summed E-state index contributed by atoms with van der Waals surface area (Å²) in [5.74, 6) is -1.38. The number of aromatic amines is 1. The van der Waals surface area contributed by atoms with Gasteiger partial charge in [0.1, 0.15) is 11.5 Å². The van der Waals surface area contributed by atoms with E-state index in [-0.39, 0.29) is 17.3 Å². The van der Waals surface area contributed by atoms with Gasteiger partial charge in [-0.25, -0.2) is 14.2 Å². The molecule has 2 rings (SSSR count). The number of carbonyl (C=O) groups is 1. The van der Waals surface area contributed by atoms with Crippen LogP contribution in [0.25, 0.3) is 11.4 Å². The molecule has 0 atom stereocenters. The van der Waals surface area contributed by atoms with Gasteiger partial charge in [0.15, 0.2) is 11.6 Å². The van der Waals surface area contributed by atoms with Crippen LogP contribution in [0.2, 0.25) is 0 Å². The van der Waals surface area contributed by atoms with E-state index in [4.69, 9.17) is 9.84 Å². The fourth-order valence-corrected chi connectivity index (χ4v) is 1.47. The summed E-state index contributed by atoms with van der Waals surface area (Å²) in [6.45, 7) is 0. The van der Waals surface area contributed by atoms with Crippen LogP contribution in [0.3, 0.4) is 0 Å². The minimum atomic E-state index is -1.13. The molecule has 0 aliphatic carbocycles. The molecule has 1 heterocycles. The fourth-order valence-electron chi connectivity index (χ4n) is 1.47. The SMILES string of the molecule is COc1c(F)cccc1-c1ncc(C(=O)O)[nH]1. The van der Waals surface area contributed by atoms with Crippen LogP contribution in [0.15, 0.2) is 24.4 Å². The van der Waals surface area contributed by atoms with Crippen LogP contribution in [-0.2, 0) is 0 Å². The number of benzene rings is 1. The number of imidazole rings is 1. The molecule has 2 aromatic rings. The monoisotopic (exact) mass is 236 g/mol. The number of hydrogen-bond donors (Lipinski definition) is 2. The van der Waals surface area contributed by atoms with E-state index in [1.165, 1.54) is 25.4 Å². The van der Waals surface area contributed by atoms with Crippen molar-refractivity contribution in [3.8, 4) is 17.1 Å². The van der Waals surface area contributed by atoms with E-state index in [1.807, 2.05) is 0 Å². The van der Waals surface area contributed by atoms with Crippen molar-refractivity contribution in [1.82, 2.24) is 9.97 Å². The Labute approximate surface area is 95.9 Å². The van der Waals surface area contributed by atoms with E-state index in [0.717, 1.165) is 0 Å². The molecule has 2 N–H and O–H groups in total. The summed E-state index contributed by atoms with van der Waals surface area (Å²) in [7, 11) is 1.34. The lowest BCUT2D eigenvalue weighted by Gasteiger charge is -2.06. The summed E-state index contributed by atoms with van der Waals surface area (Å²) in [5, 5.41) is 8.75. The van der Waals surface area contributed by atoms with Crippen LogP contribution in [-0.4, -0.2) is 28.2 Å². The molecule has 0 unspecified atom stereocenters. The molecule has 1 aromatic carbocycles. The third-order valence-corrected chi connectivity index (χ3v) is 2.23. The van der Waals surface area contributed by atoms with Crippen molar-refractivity contribution >= 4 is 5.97 Å². The fraction of sp³-hybridized carbons (Fsp3) is 0.0909. The maximum absolute atomic E-state index is 13.4. The summed E-state index contributed by atoms with van der Waals surface area (Å²) >= 11 is 0. The molecule has 0 bridgehead atoms. The van der Waals surface area contributed by atoms with Gasteiger partial charge >= 0.3 is 5.97 Å². The first kappa shape index (κ1) is 11.1. The Morgan fingerprint density at radius 2 is 2.29 bits per heavy atom. The number of ether oxygens (including phenoxy) is 1. The number of nitrogens with zero attached hydrogens (tertiary/aromatic N) is 1. The van der Waals surface area contributed by atoms with Gasteiger partial charge in [-0.1, -0.05) is 6.07 Å². The number of H-pyrrole nitrogens is 1. The highest BCUT2D eigenvalue weighted by molar-refractivity contribution is 5.86. The first-order valence-electron chi connectivity index (χ1n) is 4.74. The smallest absolute Gasteiger partial charge is 0.353 e. The molecule has 0 amide bonds. The number of hydrogen-bond acceptors (Lipinski definition) is 3. The van der Waals surface area contributed by atoms with E-state index >= 15 is 0 Å². The highest BCUT2D eigenvalue weighted by atomic mass is 19.1. The number of nitrogens with one attached hydrogen (secondary N) is 1. The van der Waals surface area contributed by atoms with Crippen molar-refractivity contribution in [1.29, 1.82) is 0 Å². The van der Waals surface area contributed by atoms with Crippen LogP contribution < -0.4 is 4.74 Å². The third kappa shape index (κ3) is 1.96. The summed E-state index contributed by atoms with van der Waals surface area (Å²) in [5.41, 5.74) is 0.311. The van der Waals surface area contributed by atoms with E-state index in [1.54, 1.807) is 6.07 Å². The Morgan fingerprint density at radius 3 is 2.88 bits per heavy atom. The van der Waals surface area contributed by atoms with Gasteiger partial charge in [-0.15, -0.1) is 0 Å². The largest absolute Gasteiger partial charge is 0.493 e. The molecule has 0 spiro atoms. The molecule has 6 heteroatoms. The van der Waals surface area contributed by atoms with E-state index in [9.17, 15) is 9.18 Å². The standard InChI is InChI=1S/C11H9FN2O3/c1-17-9-6(3-2-4-7(9)12)10-13-5-8(14-10)11(15)16/h2-5H,1H3,(H,13,14)(H,15,16). The van der Waals surface area contributed by atoms with Crippen LogP contribution in [0.5, 0.6) is 5.75 Å². The number of aromatic nitrogens is 2. The zero-order chi connectivity index (χ0) is 12.4. The van der Waals surface area contributed by atoms with Gasteiger partial charge in [-0.2, -0.15) is 0 Å². The molecule has 0 aliphatic rings. The van der Waals surface area contributed by atoms with Gasteiger partial charge in [0.05, 0.1) is 18.9 Å². The maximum atomic E-state index is 13.4. The van der Waals surface area contributed by atoms with Gasteiger partial charge < -0.3 is 14.8 Å². The Balaban J connectivity index is 2.52. The number of aromatic carboxylic acids is 1. The molecule has 1 aromatic heterocycles. The molecule has 0 aliphatic heterocycles. The summed E-state index contributed by atoms with van der Waals surface area (Å²) < 4.78 is 18.3. The highest BCUT2D eigenvalue weighted by Gasteiger charge is 2.15. The predicted molar refractivity (Wildman–Crippen MR) is 57.5 cm³/mol. The van der Waals surface area contributed by atoms with Crippen LogP contribution in [0.4, 0.5) is 4.39 Å². The van der Waals surface area contributed by atoms with Gasteiger partial charge in [-0.3, -0.25) is 0 Å². The molecule has 5 nitrogen and oxygen atoms in total. The highest BCUT2D eigenvalue weighted by Crippen LogP contribution is 2.30. The van der Waals surface area contributed by atoms with E-state index in [2.05, 4.69) is 9.97 Å². The lowest BCUT2D eigenvalue weighted by Crippen LogP contribution is -1.96. The molecule has 17 heavy (non-hydrogen) atoms. The van der Waals surface area contributed by atoms with Crippen molar-refractivity contribution in [2.24, 2.45) is 0 Å². The number of halogens is 1. The quantitative estimate of drug-likeness (QED) is 0.853. The molecule has 0 fully saturated rings. The van der Waals surface area contributed by atoms with Crippen molar-refractivity contribution in [2.75, 3.05) is 7.11 Å². The maximum Gasteiger partial charge on any atom is 0.353 e. The second-order valence-corrected chi connectivity index (χ2v) is 3.27. The molecule has 0 saturated carbocycles. The third-order valence-electron chi connectivity index (χ3n) is 2.23. The molecule has 0 saturated heterocycles. The summed E-state index contributed by atoms with van der Waals surface area (Å²) in [4.78, 5) is 17.1. The minimum Gasteiger partial charge on any atom is -0.493 e. The average Bonchev–Trinajstić information content (AvgIpc) is 2.77. The van der Waals surface area contributed by atoms with Gasteiger partial charge in [0.2, 0.25) is 0 Å². The van der Waals surface area contributed by atoms with E-state index in [0.29, 0.717) is 5.56 Å². The zero-order valence-electron chi connectivity index (χ0n) is 8.90. The second-order valence-electron chi connectivity index (χ2n) is 3.27. The Hall–Kier alpha value is -2.37. The topological polar surface area (TPSA) is 75.2 Å². The average molecular weight is 236 g/mol. The van der Waals surface area contributed by atoms with Gasteiger partial charge in [0, 0.05) is 0 Å². The van der Waals surface area contributed by atoms with E-state index < -0.39 is 11.8 Å². The predicted octanol–water partition coefficient (Wildman–Crippen LogP) is 1.92. The number of rotatable bonds is 3. The Kier molecular flexibility index (Phi) is 2.78. The lowest BCUT2D eigenvalue weighted by molar-refractivity contribution is 0.0691. The molecule has 88 valence electrons. The van der Waals surface area contributed by atoms with Crippen LogP contribution in [0, 0.1) is 5.82 Å². The molecular weight excluding hydrogens is 227 g/mol. The number of carboxylic acid groups (broad SMARTS) is 1. The lowest BCUT2D eigenvalue weighted by atomic mass is 10.2. The number of para-hydroxylation sites is 1. The summed E-state index contributed by atoms with van der Waals surface area (Å²) in [6.07, 6.45) is 1.17. The normalized spacial score (nSPS) is 10.2. The Bertz CT molecular complexity index is 566. The van der Waals surface area contributed by atoms with Gasteiger partial charge in [-0.05, 0) is 12.1 Å². The van der Waals surface area contributed by atoms with Crippen LogP contribution >= 0.6 is 0 Å². The number of methoxy groups -OCH3 is 1. The van der Waals surface area contributed by atoms with Crippen molar-refractivity contribution < 1.29 is 19.0 Å².